The monoisotopic (exact) mass is 265 g/mol. The van der Waals surface area contributed by atoms with Crippen molar-refractivity contribution in [1.29, 1.82) is 0 Å². The fraction of sp³-hybridized carbons (Fsp3) is 0.769. The minimum Gasteiger partial charge on any atom is -0.339 e. The van der Waals surface area contributed by atoms with Crippen LogP contribution in [0, 0.1) is 6.92 Å². The van der Waals surface area contributed by atoms with Gasteiger partial charge in [0.2, 0.25) is 0 Å². The number of aromatic nitrogens is 3. The first-order valence-electron chi connectivity index (χ1n) is 6.92. The van der Waals surface area contributed by atoms with E-state index in [4.69, 9.17) is 0 Å². The number of nitrogens with zero attached hydrogens (tertiary/aromatic N) is 4. The van der Waals surface area contributed by atoms with Crippen LogP contribution >= 0.6 is 0 Å². The molecule has 0 aliphatic heterocycles. The van der Waals surface area contributed by atoms with Crippen LogP contribution < -0.4 is 0 Å². The van der Waals surface area contributed by atoms with Crippen molar-refractivity contribution in [3.8, 4) is 0 Å². The van der Waals surface area contributed by atoms with Crippen LogP contribution in [0.4, 0.5) is 0 Å². The highest BCUT2D eigenvalue weighted by molar-refractivity contribution is 5.92. The molecule has 106 valence electrons. The topological polar surface area (TPSA) is 65.1 Å². The molecular formula is C13H23N5O. The summed E-state index contributed by atoms with van der Waals surface area (Å²) in [5.74, 6) is -0.0638. The number of carbonyl (C=O) groups is 1. The van der Waals surface area contributed by atoms with Gasteiger partial charge in [-0.2, -0.15) is 15.4 Å². The molecule has 1 aliphatic rings. The predicted molar refractivity (Wildman–Crippen MR) is 73.0 cm³/mol. The van der Waals surface area contributed by atoms with Gasteiger partial charge < -0.3 is 9.80 Å². The number of aryl methyl sites for hydroxylation is 1. The number of H-pyrrole nitrogens is 1. The van der Waals surface area contributed by atoms with Gasteiger partial charge in [0.15, 0.2) is 5.69 Å². The van der Waals surface area contributed by atoms with E-state index >= 15 is 0 Å². The number of hydrogen-bond acceptors (Lipinski definition) is 4. The summed E-state index contributed by atoms with van der Waals surface area (Å²) < 4.78 is 0. The molecule has 0 spiro atoms. The van der Waals surface area contributed by atoms with Crippen molar-refractivity contribution in [2.24, 2.45) is 0 Å². The Labute approximate surface area is 114 Å². The van der Waals surface area contributed by atoms with E-state index in [1.54, 1.807) is 11.8 Å². The van der Waals surface area contributed by atoms with Gasteiger partial charge in [-0.25, -0.2) is 0 Å². The van der Waals surface area contributed by atoms with Gasteiger partial charge in [-0.3, -0.25) is 4.79 Å². The maximum Gasteiger partial charge on any atom is 0.276 e. The molecule has 6 heteroatoms. The van der Waals surface area contributed by atoms with Crippen molar-refractivity contribution in [2.75, 3.05) is 27.2 Å². The summed E-state index contributed by atoms with van der Waals surface area (Å²) in [7, 11) is 3.97. The summed E-state index contributed by atoms with van der Waals surface area (Å²) in [5.41, 5.74) is 1.08. The van der Waals surface area contributed by atoms with Crippen molar-refractivity contribution in [2.45, 2.75) is 38.6 Å². The normalized spacial score (nSPS) is 16.2. The third kappa shape index (κ3) is 3.32. The van der Waals surface area contributed by atoms with E-state index in [1.807, 2.05) is 7.05 Å². The Morgan fingerprint density at radius 2 is 1.95 bits per heavy atom. The van der Waals surface area contributed by atoms with Crippen LogP contribution in [0.3, 0.4) is 0 Å². The zero-order chi connectivity index (χ0) is 13.8. The Bertz CT molecular complexity index is 424. The van der Waals surface area contributed by atoms with E-state index in [-0.39, 0.29) is 5.91 Å². The zero-order valence-corrected chi connectivity index (χ0v) is 12.0. The number of nitrogens with one attached hydrogen (secondary N) is 1. The average Bonchev–Trinajstić information content (AvgIpc) is 3.05. The summed E-state index contributed by atoms with van der Waals surface area (Å²) in [5, 5.41) is 10.3. The SMILES string of the molecule is Cc1n[nH]nc1C(=O)N(C)CCN(C)C1CCCC1. The van der Waals surface area contributed by atoms with Crippen molar-refractivity contribution in [3.63, 3.8) is 0 Å². The quantitative estimate of drug-likeness (QED) is 0.864. The lowest BCUT2D eigenvalue weighted by Crippen LogP contribution is -2.38. The molecule has 1 aromatic heterocycles. The predicted octanol–water partition coefficient (Wildman–Crippen LogP) is 1.06. The molecule has 1 aliphatic carbocycles. The molecular weight excluding hydrogens is 242 g/mol. The highest BCUT2D eigenvalue weighted by Gasteiger charge is 2.21. The van der Waals surface area contributed by atoms with Crippen molar-refractivity contribution < 1.29 is 4.79 Å². The summed E-state index contributed by atoms with van der Waals surface area (Å²) in [6, 6.07) is 0.692. The zero-order valence-electron chi connectivity index (χ0n) is 12.0. The van der Waals surface area contributed by atoms with Crippen LogP contribution in [-0.4, -0.2) is 64.3 Å². The minimum atomic E-state index is -0.0638. The number of likely N-dealkylation sites (N-methyl/N-ethyl adjacent to an activating group) is 2. The van der Waals surface area contributed by atoms with Gasteiger partial charge in [-0.05, 0) is 26.8 Å². The lowest BCUT2D eigenvalue weighted by Gasteiger charge is -2.26. The van der Waals surface area contributed by atoms with Crippen LogP contribution in [-0.2, 0) is 0 Å². The summed E-state index contributed by atoms with van der Waals surface area (Å²) in [6.45, 7) is 3.41. The third-order valence-electron chi connectivity index (χ3n) is 4.01. The van der Waals surface area contributed by atoms with Gasteiger partial charge in [0.1, 0.15) is 0 Å². The fourth-order valence-corrected chi connectivity index (χ4v) is 2.60. The summed E-state index contributed by atoms with van der Waals surface area (Å²) in [4.78, 5) is 16.2. The van der Waals surface area contributed by atoms with E-state index in [0.717, 1.165) is 13.1 Å². The Morgan fingerprint density at radius 1 is 1.26 bits per heavy atom. The van der Waals surface area contributed by atoms with Crippen LogP contribution in [0.15, 0.2) is 0 Å². The molecule has 0 bridgehead atoms. The Kier molecular flexibility index (Phi) is 4.52. The molecule has 1 heterocycles. The molecule has 1 saturated carbocycles. The molecule has 0 unspecified atom stereocenters. The highest BCUT2D eigenvalue weighted by Crippen LogP contribution is 2.22. The lowest BCUT2D eigenvalue weighted by molar-refractivity contribution is 0.0768. The molecule has 6 nitrogen and oxygen atoms in total. The van der Waals surface area contributed by atoms with Gasteiger partial charge in [-0.15, -0.1) is 0 Å². The van der Waals surface area contributed by atoms with E-state index < -0.39 is 0 Å². The summed E-state index contributed by atoms with van der Waals surface area (Å²) in [6.07, 6.45) is 5.25. The molecule has 2 rings (SSSR count). The first-order chi connectivity index (χ1) is 9.09. The fourth-order valence-electron chi connectivity index (χ4n) is 2.60. The molecule has 0 aromatic carbocycles. The maximum atomic E-state index is 12.1. The maximum absolute atomic E-state index is 12.1. The second-order valence-electron chi connectivity index (χ2n) is 5.40. The van der Waals surface area contributed by atoms with Crippen molar-refractivity contribution >= 4 is 5.91 Å². The molecule has 0 saturated heterocycles. The van der Waals surface area contributed by atoms with Gasteiger partial charge in [0.05, 0.1) is 5.69 Å². The molecule has 0 atom stereocenters. The van der Waals surface area contributed by atoms with Crippen molar-refractivity contribution in [3.05, 3.63) is 11.4 Å². The van der Waals surface area contributed by atoms with Crippen molar-refractivity contribution in [1.82, 2.24) is 25.2 Å². The second-order valence-corrected chi connectivity index (χ2v) is 5.40. The van der Waals surface area contributed by atoms with E-state index in [9.17, 15) is 4.79 Å². The second kappa shape index (κ2) is 6.14. The number of hydrogen-bond donors (Lipinski definition) is 1. The first-order valence-corrected chi connectivity index (χ1v) is 6.92. The third-order valence-corrected chi connectivity index (χ3v) is 4.01. The minimum absolute atomic E-state index is 0.0638. The molecule has 1 amide bonds. The smallest absolute Gasteiger partial charge is 0.276 e. The van der Waals surface area contributed by atoms with Gasteiger partial charge >= 0.3 is 0 Å². The van der Waals surface area contributed by atoms with E-state index in [1.165, 1.54) is 25.7 Å². The molecule has 0 radical (unpaired) electrons. The number of amides is 1. The van der Waals surface area contributed by atoms with E-state index in [2.05, 4.69) is 27.4 Å². The molecule has 1 aromatic rings. The Balaban J connectivity index is 1.82. The van der Waals surface area contributed by atoms with Crippen LogP contribution in [0.1, 0.15) is 41.9 Å². The molecule has 1 fully saturated rings. The number of carbonyl (C=O) groups excluding carboxylic acids is 1. The molecule has 1 N–H and O–H groups in total. The summed E-state index contributed by atoms with van der Waals surface area (Å²) >= 11 is 0. The first kappa shape index (κ1) is 14.0. The number of aromatic amines is 1. The van der Waals surface area contributed by atoms with Crippen LogP contribution in [0.25, 0.3) is 0 Å². The lowest BCUT2D eigenvalue weighted by atomic mass is 10.2. The van der Waals surface area contributed by atoms with E-state index in [0.29, 0.717) is 17.4 Å². The molecule has 19 heavy (non-hydrogen) atoms. The largest absolute Gasteiger partial charge is 0.339 e. The Hall–Kier alpha value is -1.43. The Morgan fingerprint density at radius 3 is 2.53 bits per heavy atom. The van der Waals surface area contributed by atoms with Gasteiger partial charge in [0.25, 0.3) is 5.91 Å². The van der Waals surface area contributed by atoms with Gasteiger partial charge in [0, 0.05) is 26.2 Å². The van der Waals surface area contributed by atoms with Crippen LogP contribution in [0.2, 0.25) is 0 Å². The van der Waals surface area contributed by atoms with Gasteiger partial charge in [-0.1, -0.05) is 12.8 Å². The average molecular weight is 265 g/mol. The standard InChI is InChI=1S/C13H23N5O/c1-10-12(15-16-14-10)13(19)18(3)9-8-17(2)11-6-4-5-7-11/h11H,4-9H2,1-3H3,(H,14,15,16). The van der Waals surface area contributed by atoms with Crippen LogP contribution in [0.5, 0.6) is 0 Å². The number of rotatable bonds is 5. The highest BCUT2D eigenvalue weighted by atomic mass is 16.2.